The molecule has 0 aromatic carbocycles. The van der Waals surface area contributed by atoms with Gasteiger partial charge in [0, 0.05) is 0 Å². The molecule has 0 fully saturated rings. The van der Waals surface area contributed by atoms with Gasteiger partial charge in [-0.3, -0.25) is 9.59 Å². The van der Waals surface area contributed by atoms with Gasteiger partial charge < -0.3 is 26.4 Å². The molecule has 0 saturated heterocycles. The lowest BCUT2D eigenvalue weighted by Gasteiger charge is -2.09. The first-order chi connectivity index (χ1) is 5.95. The van der Waals surface area contributed by atoms with Crippen molar-refractivity contribution in [2.75, 3.05) is 13.2 Å². The lowest BCUT2D eigenvalue weighted by molar-refractivity contribution is -0.141. The summed E-state index contributed by atoms with van der Waals surface area (Å²) in [5, 5.41) is 16.6. The summed E-state index contributed by atoms with van der Waals surface area (Å²) in [6, 6.07) is -2.30. The molecule has 6 N–H and O–H groups in total. The number of rotatable bonds is 6. The van der Waals surface area contributed by atoms with Crippen molar-refractivity contribution in [2.45, 2.75) is 12.1 Å². The molecule has 0 spiro atoms. The highest BCUT2D eigenvalue weighted by Crippen LogP contribution is 1.85. The second-order valence-electron chi connectivity index (χ2n) is 2.43. The van der Waals surface area contributed by atoms with E-state index < -0.39 is 24.0 Å². The maximum Gasteiger partial charge on any atom is 0.322 e. The lowest BCUT2D eigenvalue weighted by Crippen LogP contribution is -2.39. The van der Waals surface area contributed by atoms with Crippen LogP contribution >= 0.6 is 0 Å². The first-order valence-corrected chi connectivity index (χ1v) is 3.49. The number of hydrogen-bond donors (Lipinski definition) is 4. The van der Waals surface area contributed by atoms with Crippen molar-refractivity contribution >= 4 is 11.9 Å². The van der Waals surface area contributed by atoms with Crippen LogP contribution in [0, 0.1) is 0 Å². The number of hydrogen-bond acceptors (Lipinski definition) is 5. The van der Waals surface area contributed by atoms with Crippen LogP contribution in [-0.2, 0) is 14.3 Å². The Morgan fingerprint density at radius 3 is 1.62 bits per heavy atom. The summed E-state index contributed by atoms with van der Waals surface area (Å²) < 4.78 is 4.67. The van der Waals surface area contributed by atoms with Gasteiger partial charge in [0.05, 0.1) is 13.2 Å². The van der Waals surface area contributed by atoms with Crippen LogP contribution in [0.2, 0.25) is 0 Å². The molecule has 0 aromatic rings. The van der Waals surface area contributed by atoms with Crippen LogP contribution in [0.5, 0.6) is 0 Å². The van der Waals surface area contributed by atoms with E-state index in [0.29, 0.717) is 0 Å². The highest BCUT2D eigenvalue weighted by Gasteiger charge is 2.15. The van der Waals surface area contributed by atoms with E-state index in [1.165, 1.54) is 0 Å². The van der Waals surface area contributed by atoms with Crippen molar-refractivity contribution in [1.29, 1.82) is 0 Å². The van der Waals surface area contributed by atoms with Gasteiger partial charge in [0.25, 0.3) is 0 Å². The number of ether oxygens (including phenoxy) is 1. The van der Waals surface area contributed by atoms with Gasteiger partial charge in [-0.1, -0.05) is 0 Å². The van der Waals surface area contributed by atoms with Crippen LogP contribution in [0.1, 0.15) is 0 Å². The highest BCUT2D eigenvalue weighted by molar-refractivity contribution is 5.73. The summed E-state index contributed by atoms with van der Waals surface area (Å²) in [6.07, 6.45) is 0. The first kappa shape index (κ1) is 11.8. The Kier molecular flexibility index (Phi) is 4.97. The van der Waals surface area contributed by atoms with Gasteiger partial charge in [0.1, 0.15) is 12.1 Å². The van der Waals surface area contributed by atoms with Crippen LogP contribution in [0.4, 0.5) is 0 Å². The topological polar surface area (TPSA) is 136 Å². The van der Waals surface area contributed by atoms with Crippen LogP contribution in [-0.4, -0.2) is 47.4 Å². The van der Waals surface area contributed by atoms with Crippen molar-refractivity contribution in [3.05, 3.63) is 0 Å². The zero-order valence-corrected chi connectivity index (χ0v) is 6.84. The average Bonchev–Trinajstić information content (AvgIpc) is 2.03. The lowest BCUT2D eigenvalue weighted by atomic mass is 10.3. The van der Waals surface area contributed by atoms with Crippen LogP contribution < -0.4 is 11.5 Å². The van der Waals surface area contributed by atoms with Gasteiger partial charge in [-0.25, -0.2) is 0 Å². The number of carboxylic acid groups (broad SMARTS) is 2. The third kappa shape index (κ3) is 5.12. The second kappa shape index (κ2) is 5.46. The number of carboxylic acids is 2. The molecular weight excluding hydrogens is 180 g/mol. The molecule has 0 aliphatic carbocycles. The van der Waals surface area contributed by atoms with E-state index in [0.717, 1.165) is 0 Å². The van der Waals surface area contributed by atoms with Crippen LogP contribution in [0.15, 0.2) is 0 Å². The van der Waals surface area contributed by atoms with Gasteiger partial charge in [-0.15, -0.1) is 0 Å². The minimum Gasteiger partial charge on any atom is -0.480 e. The first-order valence-electron chi connectivity index (χ1n) is 3.49. The maximum absolute atomic E-state index is 10.2. The Morgan fingerprint density at radius 2 is 1.38 bits per heavy atom. The molecule has 0 rings (SSSR count). The van der Waals surface area contributed by atoms with Crippen molar-refractivity contribution < 1.29 is 24.5 Å². The Labute approximate surface area is 74.3 Å². The summed E-state index contributed by atoms with van der Waals surface area (Å²) >= 11 is 0. The van der Waals surface area contributed by atoms with E-state index in [1.54, 1.807) is 0 Å². The predicted octanol–water partition coefficient (Wildman–Crippen LogP) is -2.17. The monoisotopic (exact) mass is 192 g/mol. The Hall–Kier alpha value is -1.18. The number of aliphatic carboxylic acids is 2. The molecule has 0 aliphatic heterocycles. The van der Waals surface area contributed by atoms with Crippen molar-refractivity contribution in [3.8, 4) is 0 Å². The fraction of sp³-hybridized carbons (Fsp3) is 0.667. The summed E-state index contributed by atoms with van der Waals surface area (Å²) in [5.74, 6) is -2.41. The molecule has 2 atom stereocenters. The molecule has 0 saturated carbocycles. The highest BCUT2D eigenvalue weighted by atomic mass is 16.5. The third-order valence-electron chi connectivity index (χ3n) is 1.23. The van der Waals surface area contributed by atoms with Gasteiger partial charge in [-0.2, -0.15) is 0 Å². The zero-order chi connectivity index (χ0) is 10.4. The fourth-order valence-electron chi connectivity index (χ4n) is 0.465. The van der Waals surface area contributed by atoms with Crippen molar-refractivity contribution in [3.63, 3.8) is 0 Å². The summed E-state index contributed by atoms with van der Waals surface area (Å²) in [7, 11) is 0. The predicted molar refractivity (Wildman–Crippen MR) is 42.0 cm³/mol. The normalized spacial score (nSPS) is 14.9. The standard InChI is InChI=1S/C6H12N2O5/c7-3(5(9)10)1-13-2-4(8)6(11)12/h3-4H,1-2,7-8H2,(H,9,10)(H,11,12)/t3-,4-/m1/s1. The van der Waals surface area contributed by atoms with E-state index in [-0.39, 0.29) is 13.2 Å². The molecule has 0 unspecified atom stereocenters. The molecule has 7 nitrogen and oxygen atoms in total. The fourth-order valence-corrected chi connectivity index (χ4v) is 0.465. The van der Waals surface area contributed by atoms with Gasteiger partial charge in [0.2, 0.25) is 0 Å². The molecule has 0 radical (unpaired) electrons. The Balaban J connectivity index is 3.56. The molecule has 0 aromatic heterocycles. The van der Waals surface area contributed by atoms with E-state index in [9.17, 15) is 9.59 Å². The molecule has 7 heteroatoms. The quantitative estimate of drug-likeness (QED) is 0.375. The molecule has 76 valence electrons. The molecule has 0 amide bonds. The smallest absolute Gasteiger partial charge is 0.322 e. The van der Waals surface area contributed by atoms with Gasteiger partial charge in [0.15, 0.2) is 0 Å². The Bertz CT molecular complexity index is 175. The van der Waals surface area contributed by atoms with Gasteiger partial charge >= 0.3 is 11.9 Å². The van der Waals surface area contributed by atoms with Crippen molar-refractivity contribution in [2.24, 2.45) is 11.5 Å². The number of carbonyl (C=O) groups is 2. The summed E-state index contributed by atoms with van der Waals surface area (Å²) in [4.78, 5) is 20.3. The van der Waals surface area contributed by atoms with Crippen molar-refractivity contribution in [1.82, 2.24) is 0 Å². The summed E-state index contributed by atoms with van der Waals surface area (Å²) in [5.41, 5.74) is 10.1. The minimum absolute atomic E-state index is 0.254. The average molecular weight is 192 g/mol. The SMILES string of the molecule is N[C@H](COC[C@@H](N)C(=O)O)C(=O)O. The zero-order valence-electron chi connectivity index (χ0n) is 6.84. The maximum atomic E-state index is 10.2. The third-order valence-corrected chi connectivity index (χ3v) is 1.23. The van der Waals surface area contributed by atoms with Crippen LogP contribution in [0.3, 0.4) is 0 Å². The van der Waals surface area contributed by atoms with Gasteiger partial charge in [-0.05, 0) is 0 Å². The minimum atomic E-state index is -1.20. The van der Waals surface area contributed by atoms with E-state index in [1.807, 2.05) is 0 Å². The largest absolute Gasteiger partial charge is 0.480 e. The van der Waals surface area contributed by atoms with E-state index in [2.05, 4.69) is 4.74 Å². The Morgan fingerprint density at radius 1 is 1.08 bits per heavy atom. The molecular formula is C6H12N2O5. The molecule has 0 bridgehead atoms. The molecule has 0 aliphatic rings. The second-order valence-corrected chi connectivity index (χ2v) is 2.43. The summed E-state index contributed by atoms with van der Waals surface area (Å²) in [6.45, 7) is -0.507. The van der Waals surface area contributed by atoms with E-state index >= 15 is 0 Å². The van der Waals surface area contributed by atoms with Crippen LogP contribution in [0.25, 0.3) is 0 Å². The molecule has 13 heavy (non-hydrogen) atoms. The van der Waals surface area contributed by atoms with E-state index in [4.69, 9.17) is 21.7 Å². The number of nitrogens with two attached hydrogens (primary N) is 2. The molecule has 0 heterocycles.